The third-order valence-corrected chi connectivity index (χ3v) is 7.90. The van der Waals surface area contributed by atoms with E-state index in [4.69, 9.17) is 28.0 Å². The predicted octanol–water partition coefficient (Wildman–Crippen LogP) is 5.69. The molecule has 2 aromatic rings. The number of aliphatic carboxylic acids is 1. The number of Topliss-reactive ketones (excluding diaryl/α,β-unsaturated/α-hetero) is 1. The second-order valence-electron chi connectivity index (χ2n) is 10.2. The van der Waals surface area contributed by atoms with Crippen LogP contribution >= 0.6 is 23.2 Å². The zero-order valence-electron chi connectivity index (χ0n) is 20.9. The molecule has 1 unspecified atom stereocenters. The number of carboxylic acids is 1. The lowest BCUT2D eigenvalue weighted by atomic mass is 9.66. The molecular formula is C28H30Cl2N2O5. The van der Waals surface area contributed by atoms with E-state index < -0.39 is 29.0 Å². The number of hydrogen-bond acceptors (Lipinski definition) is 5. The standard InChI is InChI=1S/C28H30Cl2N2O5/c1-4-22(25(35)28(3)12-13-37-31-28)32-24(17-8-10-19(29)11-9-17)21(18-6-5-7-20(30)14-18)15-27(2,26(32)36)16-23(33)34/h5-14,21-22,24,31H,4,15-16H2,1-3H3,(H,33,34)/t21-,22-,24-,27-,28?/m1/s1. The maximum atomic E-state index is 14.3. The molecule has 2 N–H and O–H groups in total. The molecule has 2 aromatic carbocycles. The maximum absolute atomic E-state index is 14.3. The summed E-state index contributed by atoms with van der Waals surface area (Å²) in [5.41, 5.74) is 2.01. The van der Waals surface area contributed by atoms with E-state index in [1.165, 1.54) is 6.26 Å². The smallest absolute Gasteiger partial charge is 0.304 e. The summed E-state index contributed by atoms with van der Waals surface area (Å²) in [5, 5.41) is 10.8. The Kier molecular flexibility index (Phi) is 7.70. The minimum absolute atomic E-state index is 0.250. The second kappa shape index (κ2) is 10.5. The number of carboxylic acid groups (broad SMARTS) is 1. The molecule has 0 spiro atoms. The third kappa shape index (κ3) is 5.26. The SMILES string of the molecule is CC[C@H](C(=O)C1(C)C=CON1)N1C(=O)[C@@](C)(CC(=O)O)C[C@H](c2cccc(Cl)c2)[C@H]1c1ccc(Cl)cc1. The number of carbonyl (C=O) groups excluding carboxylic acids is 2. The molecule has 0 bridgehead atoms. The van der Waals surface area contributed by atoms with Gasteiger partial charge in [0.2, 0.25) is 5.91 Å². The summed E-state index contributed by atoms with van der Waals surface area (Å²) in [6.07, 6.45) is 3.25. The number of amides is 1. The van der Waals surface area contributed by atoms with Crippen LogP contribution in [0.15, 0.2) is 60.9 Å². The van der Waals surface area contributed by atoms with Gasteiger partial charge in [-0.05, 0) is 61.2 Å². The first-order valence-corrected chi connectivity index (χ1v) is 12.9. The fraction of sp³-hybridized carbons (Fsp3) is 0.393. The molecule has 0 aromatic heterocycles. The van der Waals surface area contributed by atoms with Crippen LogP contribution in [0, 0.1) is 5.41 Å². The minimum atomic E-state index is -1.24. The number of piperidine rings is 1. The van der Waals surface area contributed by atoms with Crippen molar-refractivity contribution in [3.63, 3.8) is 0 Å². The van der Waals surface area contributed by atoms with Crippen LogP contribution < -0.4 is 5.48 Å². The number of hydrogen-bond donors (Lipinski definition) is 2. The number of nitrogens with one attached hydrogen (secondary N) is 1. The number of nitrogens with zero attached hydrogens (tertiary/aromatic N) is 1. The fourth-order valence-corrected chi connectivity index (χ4v) is 5.90. The van der Waals surface area contributed by atoms with Crippen molar-refractivity contribution in [2.24, 2.45) is 5.41 Å². The van der Waals surface area contributed by atoms with E-state index in [0.717, 1.165) is 11.1 Å². The van der Waals surface area contributed by atoms with Gasteiger partial charge in [-0.3, -0.25) is 14.4 Å². The van der Waals surface area contributed by atoms with Gasteiger partial charge >= 0.3 is 5.97 Å². The predicted molar refractivity (Wildman–Crippen MR) is 141 cm³/mol. The monoisotopic (exact) mass is 544 g/mol. The normalized spacial score (nSPS) is 28.1. The van der Waals surface area contributed by atoms with Crippen LogP contribution in [0.4, 0.5) is 0 Å². The summed E-state index contributed by atoms with van der Waals surface area (Å²) in [6.45, 7) is 5.20. The highest BCUT2D eigenvalue weighted by Gasteiger charge is 2.55. The van der Waals surface area contributed by atoms with E-state index in [9.17, 15) is 19.5 Å². The Hall–Kier alpha value is -2.87. The van der Waals surface area contributed by atoms with E-state index in [1.54, 1.807) is 43.0 Å². The van der Waals surface area contributed by atoms with E-state index in [0.29, 0.717) is 16.5 Å². The lowest BCUT2D eigenvalue weighted by Crippen LogP contribution is -2.61. The fourth-order valence-electron chi connectivity index (χ4n) is 5.57. The Balaban J connectivity index is 1.93. The second-order valence-corrected chi connectivity index (χ2v) is 11.1. The Morgan fingerprint density at radius 2 is 1.84 bits per heavy atom. The van der Waals surface area contributed by atoms with Crippen molar-refractivity contribution in [2.75, 3.05) is 0 Å². The van der Waals surface area contributed by atoms with Gasteiger partial charge in [-0.2, -0.15) is 0 Å². The molecule has 0 radical (unpaired) electrons. The summed E-state index contributed by atoms with van der Waals surface area (Å²) >= 11 is 12.6. The number of halogens is 2. The van der Waals surface area contributed by atoms with Crippen molar-refractivity contribution in [2.45, 2.75) is 63.6 Å². The van der Waals surface area contributed by atoms with Crippen molar-refractivity contribution in [3.8, 4) is 0 Å². The van der Waals surface area contributed by atoms with Crippen molar-refractivity contribution >= 4 is 40.9 Å². The van der Waals surface area contributed by atoms with Gasteiger partial charge in [0.25, 0.3) is 0 Å². The van der Waals surface area contributed by atoms with Crippen molar-refractivity contribution in [1.82, 2.24) is 10.4 Å². The van der Waals surface area contributed by atoms with Crippen LogP contribution in [0.2, 0.25) is 10.0 Å². The van der Waals surface area contributed by atoms with Crippen LogP contribution in [0.1, 0.15) is 63.1 Å². The minimum Gasteiger partial charge on any atom is -0.481 e. The lowest BCUT2D eigenvalue weighted by Gasteiger charge is -2.52. The molecule has 1 amide bonds. The summed E-state index contributed by atoms with van der Waals surface area (Å²) < 4.78 is 0. The summed E-state index contributed by atoms with van der Waals surface area (Å²) in [5.74, 6) is -2.04. The molecule has 2 aliphatic rings. The Bertz CT molecular complexity index is 1230. The Morgan fingerprint density at radius 3 is 2.41 bits per heavy atom. The van der Waals surface area contributed by atoms with Crippen LogP contribution in [-0.2, 0) is 19.2 Å². The highest BCUT2D eigenvalue weighted by atomic mass is 35.5. The van der Waals surface area contributed by atoms with Gasteiger partial charge in [0.05, 0.1) is 23.9 Å². The summed E-state index contributed by atoms with van der Waals surface area (Å²) in [7, 11) is 0. The van der Waals surface area contributed by atoms with Gasteiger partial charge in [0.1, 0.15) is 11.8 Å². The number of hydroxylamine groups is 1. The van der Waals surface area contributed by atoms with E-state index in [2.05, 4.69) is 5.48 Å². The molecule has 2 aliphatic heterocycles. The van der Waals surface area contributed by atoms with Crippen molar-refractivity contribution < 1.29 is 24.3 Å². The van der Waals surface area contributed by atoms with E-state index in [1.807, 2.05) is 37.3 Å². The lowest BCUT2D eigenvalue weighted by molar-refractivity contribution is -0.163. The molecule has 37 heavy (non-hydrogen) atoms. The Morgan fingerprint density at radius 1 is 1.14 bits per heavy atom. The number of carbonyl (C=O) groups is 3. The highest BCUT2D eigenvalue weighted by molar-refractivity contribution is 6.30. The molecule has 0 saturated carbocycles. The molecule has 5 atom stereocenters. The molecule has 1 fully saturated rings. The first-order valence-electron chi connectivity index (χ1n) is 12.2. The largest absolute Gasteiger partial charge is 0.481 e. The zero-order chi connectivity index (χ0) is 27.0. The molecule has 7 nitrogen and oxygen atoms in total. The maximum Gasteiger partial charge on any atom is 0.304 e. The van der Waals surface area contributed by atoms with Gasteiger partial charge in [-0.1, -0.05) is 61.3 Å². The van der Waals surface area contributed by atoms with E-state index >= 15 is 0 Å². The molecule has 2 heterocycles. The number of benzene rings is 2. The molecule has 0 aliphatic carbocycles. The van der Waals surface area contributed by atoms with Crippen LogP contribution in [-0.4, -0.2) is 39.2 Å². The summed E-state index contributed by atoms with van der Waals surface area (Å²) in [6, 6.07) is 13.1. The molecule has 196 valence electrons. The van der Waals surface area contributed by atoms with Gasteiger partial charge in [0.15, 0.2) is 5.78 Å². The number of ketones is 1. The van der Waals surface area contributed by atoms with Gasteiger partial charge in [0, 0.05) is 16.0 Å². The Labute approximate surface area is 226 Å². The van der Waals surface area contributed by atoms with Crippen molar-refractivity contribution in [1.29, 1.82) is 0 Å². The quantitative estimate of drug-likeness (QED) is 0.443. The molecule has 4 rings (SSSR count). The first-order chi connectivity index (χ1) is 17.5. The zero-order valence-corrected chi connectivity index (χ0v) is 22.4. The molecular weight excluding hydrogens is 515 g/mol. The van der Waals surface area contributed by atoms with E-state index in [-0.39, 0.29) is 30.4 Å². The number of likely N-dealkylation sites (tertiary alicyclic amines) is 1. The first kappa shape index (κ1) is 27.2. The molecule has 1 saturated heterocycles. The average Bonchev–Trinajstić information content (AvgIpc) is 3.30. The highest BCUT2D eigenvalue weighted by Crippen LogP contribution is 2.52. The third-order valence-electron chi connectivity index (χ3n) is 7.41. The summed E-state index contributed by atoms with van der Waals surface area (Å²) in [4.78, 5) is 46.9. The molecule has 9 heteroatoms. The van der Waals surface area contributed by atoms with Crippen LogP contribution in [0.25, 0.3) is 0 Å². The van der Waals surface area contributed by atoms with Gasteiger partial charge < -0.3 is 14.8 Å². The van der Waals surface area contributed by atoms with Crippen LogP contribution in [0.3, 0.4) is 0 Å². The topological polar surface area (TPSA) is 95.9 Å². The average molecular weight is 545 g/mol. The van der Waals surface area contributed by atoms with Gasteiger partial charge in [-0.25, -0.2) is 0 Å². The van der Waals surface area contributed by atoms with Crippen LogP contribution in [0.5, 0.6) is 0 Å². The van der Waals surface area contributed by atoms with Crippen molar-refractivity contribution in [3.05, 3.63) is 82.0 Å². The van der Waals surface area contributed by atoms with Gasteiger partial charge in [-0.15, -0.1) is 5.48 Å². The number of rotatable bonds is 8.